The van der Waals surface area contributed by atoms with Gasteiger partial charge in [-0.15, -0.1) is 0 Å². The topological polar surface area (TPSA) is 80.3 Å². The molecule has 4 aromatic rings. The number of nitrogens with zero attached hydrogens (tertiary/aromatic N) is 6. The molecule has 5 rings (SSSR count). The maximum absolute atomic E-state index is 12.6. The van der Waals surface area contributed by atoms with Crippen molar-refractivity contribution < 1.29 is 4.79 Å². The van der Waals surface area contributed by atoms with Gasteiger partial charge in [0, 0.05) is 37.9 Å². The molecule has 0 spiro atoms. The SMILES string of the molecule is O=C(c1cn(-c2nc(CNc3cccnc3)c3ccccn23)cn1)N1CCCC1. The number of aromatic nitrogens is 5. The summed E-state index contributed by atoms with van der Waals surface area (Å²) in [5.74, 6) is 0.692. The van der Waals surface area contributed by atoms with Crippen molar-refractivity contribution in [3.63, 3.8) is 0 Å². The molecule has 146 valence electrons. The summed E-state index contributed by atoms with van der Waals surface area (Å²) in [6.07, 6.45) is 11.0. The highest BCUT2D eigenvalue weighted by Gasteiger charge is 2.22. The van der Waals surface area contributed by atoms with E-state index >= 15 is 0 Å². The second kappa shape index (κ2) is 7.38. The fourth-order valence-electron chi connectivity index (χ4n) is 3.67. The quantitative estimate of drug-likeness (QED) is 0.570. The molecule has 1 aliphatic heterocycles. The lowest BCUT2D eigenvalue weighted by molar-refractivity contribution is 0.0787. The molecule has 0 aliphatic carbocycles. The average molecular weight is 387 g/mol. The van der Waals surface area contributed by atoms with Crippen LogP contribution in [0.5, 0.6) is 0 Å². The summed E-state index contributed by atoms with van der Waals surface area (Å²) >= 11 is 0. The van der Waals surface area contributed by atoms with Crippen molar-refractivity contribution in [1.82, 2.24) is 28.8 Å². The molecule has 1 N–H and O–H groups in total. The number of carbonyl (C=O) groups is 1. The van der Waals surface area contributed by atoms with E-state index in [9.17, 15) is 4.79 Å². The Balaban J connectivity index is 1.45. The molecular formula is C21H21N7O. The fourth-order valence-corrected chi connectivity index (χ4v) is 3.67. The first-order chi connectivity index (χ1) is 14.3. The summed E-state index contributed by atoms with van der Waals surface area (Å²) in [5, 5.41) is 3.35. The van der Waals surface area contributed by atoms with E-state index < -0.39 is 0 Å². The van der Waals surface area contributed by atoms with Crippen molar-refractivity contribution in [3.05, 3.63) is 72.8 Å². The van der Waals surface area contributed by atoms with E-state index in [1.54, 1.807) is 24.9 Å². The third-order valence-electron chi connectivity index (χ3n) is 5.15. The van der Waals surface area contributed by atoms with Crippen molar-refractivity contribution in [2.45, 2.75) is 19.4 Å². The monoisotopic (exact) mass is 387 g/mol. The summed E-state index contributed by atoms with van der Waals surface area (Å²) in [4.78, 5) is 27.8. The number of fused-ring (bicyclic) bond motifs is 1. The Morgan fingerprint density at radius 2 is 2.03 bits per heavy atom. The minimum atomic E-state index is -0.0134. The van der Waals surface area contributed by atoms with Crippen LogP contribution in [-0.4, -0.2) is 47.8 Å². The molecule has 1 saturated heterocycles. The number of amides is 1. The third kappa shape index (κ3) is 3.33. The van der Waals surface area contributed by atoms with E-state index in [2.05, 4.69) is 15.3 Å². The molecule has 4 aromatic heterocycles. The molecule has 0 saturated carbocycles. The van der Waals surface area contributed by atoms with Crippen LogP contribution in [0.3, 0.4) is 0 Å². The van der Waals surface area contributed by atoms with Gasteiger partial charge in [-0.1, -0.05) is 6.07 Å². The Morgan fingerprint density at radius 3 is 2.86 bits per heavy atom. The first-order valence-electron chi connectivity index (χ1n) is 9.73. The van der Waals surface area contributed by atoms with Gasteiger partial charge in [0.05, 0.1) is 23.4 Å². The maximum Gasteiger partial charge on any atom is 0.274 e. The zero-order chi connectivity index (χ0) is 19.6. The largest absolute Gasteiger partial charge is 0.378 e. The highest BCUT2D eigenvalue weighted by atomic mass is 16.2. The van der Waals surface area contributed by atoms with Crippen LogP contribution in [0.4, 0.5) is 5.69 Å². The van der Waals surface area contributed by atoms with Crippen molar-refractivity contribution in [2.75, 3.05) is 18.4 Å². The molecule has 8 nitrogen and oxygen atoms in total. The highest BCUT2D eigenvalue weighted by Crippen LogP contribution is 2.19. The van der Waals surface area contributed by atoms with Crippen LogP contribution < -0.4 is 5.32 Å². The molecule has 0 atom stereocenters. The maximum atomic E-state index is 12.6. The standard InChI is InChI=1S/C21H21N7O/c29-20(26-9-3-4-10-26)18-14-27(15-24-18)21-25-17(19-7-1-2-11-28(19)21)13-23-16-6-5-8-22-12-16/h1-2,5-8,11-12,14-15,23H,3-4,9-10,13H2. The number of imidazole rings is 2. The predicted molar refractivity (Wildman–Crippen MR) is 109 cm³/mol. The van der Waals surface area contributed by atoms with E-state index in [1.165, 1.54) is 0 Å². The smallest absolute Gasteiger partial charge is 0.274 e. The van der Waals surface area contributed by atoms with Crippen LogP contribution in [0.1, 0.15) is 29.0 Å². The summed E-state index contributed by atoms with van der Waals surface area (Å²) in [6, 6.07) is 9.85. The Labute approximate surface area is 167 Å². The number of carbonyl (C=O) groups excluding carboxylic acids is 1. The van der Waals surface area contributed by atoms with Gasteiger partial charge in [-0.25, -0.2) is 9.97 Å². The van der Waals surface area contributed by atoms with E-state index in [-0.39, 0.29) is 5.91 Å². The molecule has 0 unspecified atom stereocenters. The molecule has 29 heavy (non-hydrogen) atoms. The molecule has 0 bridgehead atoms. The fraction of sp³-hybridized carbons (Fsp3) is 0.238. The Morgan fingerprint density at radius 1 is 1.14 bits per heavy atom. The molecule has 8 heteroatoms. The summed E-state index contributed by atoms with van der Waals surface area (Å²) in [6.45, 7) is 2.18. The van der Waals surface area contributed by atoms with Crippen molar-refractivity contribution in [1.29, 1.82) is 0 Å². The van der Waals surface area contributed by atoms with Crippen LogP contribution in [0, 0.1) is 0 Å². The summed E-state index contributed by atoms with van der Waals surface area (Å²) in [7, 11) is 0. The van der Waals surface area contributed by atoms with Gasteiger partial charge in [-0.05, 0) is 37.1 Å². The number of nitrogens with one attached hydrogen (secondary N) is 1. The third-order valence-corrected chi connectivity index (χ3v) is 5.15. The molecule has 5 heterocycles. The summed E-state index contributed by atoms with van der Waals surface area (Å²) < 4.78 is 3.82. The Kier molecular flexibility index (Phi) is 4.44. The molecular weight excluding hydrogens is 366 g/mol. The van der Waals surface area contributed by atoms with Crippen LogP contribution in [-0.2, 0) is 6.54 Å². The number of hydrogen-bond acceptors (Lipinski definition) is 5. The highest BCUT2D eigenvalue weighted by molar-refractivity contribution is 5.92. The van der Waals surface area contributed by atoms with E-state index in [0.717, 1.165) is 42.8 Å². The van der Waals surface area contributed by atoms with Crippen LogP contribution in [0.2, 0.25) is 0 Å². The zero-order valence-corrected chi connectivity index (χ0v) is 15.9. The van der Waals surface area contributed by atoms with E-state index in [1.807, 2.05) is 50.4 Å². The van der Waals surface area contributed by atoms with Gasteiger partial charge in [0.15, 0.2) is 0 Å². The zero-order valence-electron chi connectivity index (χ0n) is 15.9. The van der Waals surface area contributed by atoms with Crippen LogP contribution in [0.15, 0.2) is 61.4 Å². The number of anilines is 1. The number of rotatable bonds is 5. The lowest BCUT2D eigenvalue weighted by Gasteiger charge is -2.12. The number of hydrogen-bond donors (Lipinski definition) is 1. The Hall–Kier alpha value is -3.68. The second-order valence-corrected chi connectivity index (χ2v) is 7.08. The summed E-state index contributed by atoms with van der Waals surface area (Å²) in [5.41, 5.74) is 3.30. The van der Waals surface area contributed by atoms with Gasteiger partial charge in [-0.3, -0.25) is 18.7 Å². The minimum absolute atomic E-state index is 0.0134. The van der Waals surface area contributed by atoms with E-state index in [0.29, 0.717) is 18.2 Å². The second-order valence-electron chi connectivity index (χ2n) is 7.08. The first-order valence-corrected chi connectivity index (χ1v) is 9.73. The van der Waals surface area contributed by atoms with E-state index in [4.69, 9.17) is 4.98 Å². The van der Waals surface area contributed by atoms with Gasteiger partial charge in [0.1, 0.15) is 12.0 Å². The van der Waals surface area contributed by atoms with Crippen molar-refractivity contribution >= 4 is 17.1 Å². The van der Waals surface area contributed by atoms with Crippen LogP contribution >= 0.6 is 0 Å². The van der Waals surface area contributed by atoms with Gasteiger partial charge in [0.25, 0.3) is 5.91 Å². The van der Waals surface area contributed by atoms with Crippen LogP contribution in [0.25, 0.3) is 11.5 Å². The molecule has 1 fully saturated rings. The molecule has 0 aromatic carbocycles. The molecule has 0 radical (unpaired) electrons. The first kappa shape index (κ1) is 17.4. The van der Waals surface area contributed by atoms with Crippen molar-refractivity contribution in [3.8, 4) is 5.95 Å². The van der Waals surface area contributed by atoms with Gasteiger partial charge >= 0.3 is 0 Å². The number of pyridine rings is 2. The normalized spacial score (nSPS) is 13.9. The van der Waals surface area contributed by atoms with Gasteiger partial charge in [-0.2, -0.15) is 0 Å². The predicted octanol–water partition coefficient (Wildman–Crippen LogP) is 2.76. The lowest BCUT2D eigenvalue weighted by atomic mass is 10.3. The van der Waals surface area contributed by atoms with Gasteiger partial charge in [0.2, 0.25) is 5.95 Å². The molecule has 1 amide bonds. The van der Waals surface area contributed by atoms with Gasteiger partial charge < -0.3 is 10.2 Å². The minimum Gasteiger partial charge on any atom is -0.378 e. The number of likely N-dealkylation sites (tertiary alicyclic amines) is 1. The Bertz CT molecular complexity index is 1140. The average Bonchev–Trinajstić information content (AvgIpc) is 3.52. The lowest BCUT2D eigenvalue weighted by Crippen LogP contribution is -2.27. The van der Waals surface area contributed by atoms with Crippen molar-refractivity contribution in [2.24, 2.45) is 0 Å². The molecule has 1 aliphatic rings.